The van der Waals surface area contributed by atoms with Gasteiger partial charge in [0, 0.05) is 26.6 Å². The normalized spacial score (nSPS) is 26.5. The SMILES string of the molecule is CN1CC(C(=O)NC(C)(CN)C2CC2)CC1=O.Cl. The molecule has 3 N–H and O–H groups in total. The topological polar surface area (TPSA) is 75.4 Å². The summed E-state index contributed by atoms with van der Waals surface area (Å²) in [4.78, 5) is 25.1. The van der Waals surface area contributed by atoms with Crippen molar-refractivity contribution in [2.24, 2.45) is 17.6 Å². The van der Waals surface area contributed by atoms with Crippen LogP contribution in [0.2, 0.25) is 0 Å². The third kappa shape index (κ3) is 2.95. The highest BCUT2D eigenvalue weighted by Gasteiger charge is 2.43. The molecule has 1 heterocycles. The van der Waals surface area contributed by atoms with E-state index in [0.29, 0.717) is 25.4 Å². The number of nitrogens with zero attached hydrogens (tertiary/aromatic N) is 1. The van der Waals surface area contributed by atoms with Gasteiger partial charge in [-0.2, -0.15) is 0 Å². The zero-order valence-corrected chi connectivity index (χ0v) is 11.8. The van der Waals surface area contributed by atoms with Crippen molar-refractivity contribution in [3.05, 3.63) is 0 Å². The highest BCUT2D eigenvalue weighted by Crippen LogP contribution is 2.39. The molecule has 2 atom stereocenters. The third-order valence-electron chi connectivity index (χ3n) is 4.02. The molecule has 0 radical (unpaired) electrons. The summed E-state index contributed by atoms with van der Waals surface area (Å²) in [5.41, 5.74) is 5.47. The number of rotatable bonds is 4. The third-order valence-corrected chi connectivity index (χ3v) is 4.02. The molecule has 2 fully saturated rings. The summed E-state index contributed by atoms with van der Waals surface area (Å²) in [6.45, 7) is 2.99. The number of nitrogens with one attached hydrogen (secondary N) is 1. The van der Waals surface area contributed by atoms with Crippen molar-refractivity contribution in [1.82, 2.24) is 10.2 Å². The van der Waals surface area contributed by atoms with E-state index in [1.807, 2.05) is 6.92 Å². The zero-order chi connectivity index (χ0) is 12.6. The Hall–Kier alpha value is -0.810. The largest absolute Gasteiger partial charge is 0.349 e. The Kier molecular flexibility index (Phi) is 4.61. The van der Waals surface area contributed by atoms with Crippen molar-refractivity contribution in [3.63, 3.8) is 0 Å². The first-order chi connectivity index (χ1) is 7.96. The summed E-state index contributed by atoms with van der Waals surface area (Å²) >= 11 is 0. The van der Waals surface area contributed by atoms with Gasteiger partial charge in [-0.1, -0.05) is 0 Å². The van der Waals surface area contributed by atoms with E-state index in [1.165, 1.54) is 0 Å². The fraction of sp³-hybridized carbons (Fsp3) is 0.833. The van der Waals surface area contributed by atoms with Gasteiger partial charge in [-0.15, -0.1) is 12.4 Å². The number of carbonyl (C=O) groups is 2. The number of amides is 2. The Morgan fingerprint density at radius 1 is 1.56 bits per heavy atom. The Labute approximate surface area is 114 Å². The van der Waals surface area contributed by atoms with Crippen molar-refractivity contribution >= 4 is 24.2 Å². The van der Waals surface area contributed by atoms with E-state index in [1.54, 1.807) is 11.9 Å². The lowest BCUT2D eigenvalue weighted by atomic mass is 9.94. The molecule has 104 valence electrons. The van der Waals surface area contributed by atoms with Crippen LogP contribution in [0.5, 0.6) is 0 Å². The van der Waals surface area contributed by atoms with Crippen molar-refractivity contribution in [2.45, 2.75) is 31.7 Å². The van der Waals surface area contributed by atoms with E-state index in [2.05, 4.69) is 5.32 Å². The molecular weight excluding hydrogens is 254 g/mol. The van der Waals surface area contributed by atoms with Crippen LogP contribution in [0.1, 0.15) is 26.2 Å². The van der Waals surface area contributed by atoms with Crippen molar-refractivity contribution in [1.29, 1.82) is 0 Å². The molecule has 2 aliphatic rings. The molecule has 18 heavy (non-hydrogen) atoms. The maximum absolute atomic E-state index is 12.1. The summed E-state index contributed by atoms with van der Waals surface area (Å²) in [6, 6.07) is 0. The first-order valence-corrected chi connectivity index (χ1v) is 6.22. The molecule has 2 rings (SSSR count). The van der Waals surface area contributed by atoms with Gasteiger partial charge < -0.3 is 16.0 Å². The number of carbonyl (C=O) groups excluding carboxylic acids is 2. The predicted octanol–water partition coefficient (Wildman–Crippen LogP) is 0.130. The van der Waals surface area contributed by atoms with Gasteiger partial charge in [0.15, 0.2) is 0 Å². The summed E-state index contributed by atoms with van der Waals surface area (Å²) < 4.78 is 0. The molecular formula is C12H22ClN3O2. The van der Waals surface area contributed by atoms with Gasteiger partial charge in [-0.25, -0.2) is 0 Å². The van der Waals surface area contributed by atoms with E-state index in [-0.39, 0.29) is 35.7 Å². The van der Waals surface area contributed by atoms with Gasteiger partial charge in [0.25, 0.3) is 0 Å². The molecule has 1 saturated carbocycles. The van der Waals surface area contributed by atoms with Crippen molar-refractivity contribution in [3.8, 4) is 0 Å². The zero-order valence-electron chi connectivity index (χ0n) is 10.9. The standard InChI is InChI=1S/C12H21N3O2.ClH/c1-12(7-13,9-3-4-9)14-11(17)8-5-10(16)15(2)6-8;/h8-9H,3-7,13H2,1-2H3,(H,14,17);1H. The van der Waals surface area contributed by atoms with Crippen molar-refractivity contribution < 1.29 is 9.59 Å². The minimum atomic E-state index is -0.290. The van der Waals surface area contributed by atoms with Crippen LogP contribution in [0.25, 0.3) is 0 Å². The van der Waals surface area contributed by atoms with Crippen LogP contribution >= 0.6 is 12.4 Å². The summed E-state index contributed by atoms with van der Waals surface area (Å²) in [5, 5.41) is 3.05. The minimum Gasteiger partial charge on any atom is -0.349 e. The first kappa shape index (κ1) is 15.2. The Bertz CT molecular complexity index is 346. The quantitative estimate of drug-likeness (QED) is 0.766. The smallest absolute Gasteiger partial charge is 0.225 e. The lowest BCUT2D eigenvalue weighted by Gasteiger charge is -2.30. The monoisotopic (exact) mass is 275 g/mol. The van der Waals surface area contributed by atoms with Crippen LogP contribution in [0, 0.1) is 11.8 Å². The van der Waals surface area contributed by atoms with Crippen LogP contribution in [0.15, 0.2) is 0 Å². The highest BCUT2D eigenvalue weighted by molar-refractivity contribution is 5.89. The molecule has 2 amide bonds. The van der Waals surface area contributed by atoms with Gasteiger partial charge in [-0.05, 0) is 25.7 Å². The average Bonchev–Trinajstić information content (AvgIpc) is 3.07. The van der Waals surface area contributed by atoms with E-state index < -0.39 is 0 Å². The average molecular weight is 276 g/mol. The number of hydrogen-bond acceptors (Lipinski definition) is 3. The van der Waals surface area contributed by atoms with E-state index in [9.17, 15) is 9.59 Å². The van der Waals surface area contributed by atoms with Gasteiger partial charge in [0.1, 0.15) is 0 Å². The van der Waals surface area contributed by atoms with Gasteiger partial charge >= 0.3 is 0 Å². The number of likely N-dealkylation sites (tertiary alicyclic amines) is 1. The fourth-order valence-corrected chi connectivity index (χ4v) is 2.46. The Balaban J connectivity index is 0.00000162. The fourth-order valence-electron chi connectivity index (χ4n) is 2.46. The van der Waals surface area contributed by atoms with Crippen LogP contribution in [0.3, 0.4) is 0 Å². The summed E-state index contributed by atoms with van der Waals surface area (Å²) in [6.07, 6.45) is 2.60. The van der Waals surface area contributed by atoms with Crippen LogP contribution < -0.4 is 11.1 Å². The highest BCUT2D eigenvalue weighted by atomic mass is 35.5. The maximum atomic E-state index is 12.1. The summed E-state index contributed by atoms with van der Waals surface area (Å²) in [7, 11) is 1.73. The van der Waals surface area contributed by atoms with Crippen molar-refractivity contribution in [2.75, 3.05) is 20.1 Å². The molecule has 1 aliphatic heterocycles. The van der Waals surface area contributed by atoms with Gasteiger partial charge in [0.05, 0.1) is 11.5 Å². The van der Waals surface area contributed by atoms with E-state index >= 15 is 0 Å². The van der Waals surface area contributed by atoms with E-state index in [0.717, 1.165) is 12.8 Å². The second kappa shape index (κ2) is 5.45. The first-order valence-electron chi connectivity index (χ1n) is 6.22. The number of halogens is 1. The molecule has 2 unspecified atom stereocenters. The van der Waals surface area contributed by atoms with E-state index in [4.69, 9.17) is 5.73 Å². The predicted molar refractivity (Wildman–Crippen MR) is 71.3 cm³/mol. The molecule has 0 aromatic rings. The number of nitrogens with two attached hydrogens (primary N) is 1. The van der Waals surface area contributed by atoms with Crippen LogP contribution in [0.4, 0.5) is 0 Å². The molecule has 5 nitrogen and oxygen atoms in total. The van der Waals surface area contributed by atoms with Crippen LogP contribution in [-0.2, 0) is 9.59 Å². The molecule has 1 aliphatic carbocycles. The molecule has 0 bridgehead atoms. The minimum absolute atomic E-state index is 0. The van der Waals surface area contributed by atoms with Crippen LogP contribution in [-0.4, -0.2) is 42.4 Å². The lowest BCUT2D eigenvalue weighted by Crippen LogP contribution is -2.54. The van der Waals surface area contributed by atoms with Gasteiger partial charge in [0.2, 0.25) is 11.8 Å². The molecule has 0 spiro atoms. The molecule has 0 aromatic carbocycles. The van der Waals surface area contributed by atoms with Gasteiger partial charge in [-0.3, -0.25) is 9.59 Å². The second-order valence-corrected chi connectivity index (χ2v) is 5.56. The Morgan fingerprint density at radius 2 is 2.17 bits per heavy atom. The summed E-state index contributed by atoms with van der Waals surface area (Å²) in [5.74, 6) is 0.317. The lowest BCUT2D eigenvalue weighted by molar-refractivity contribution is -0.129. The Morgan fingerprint density at radius 3 is 2.56 bits per heavy atom. The number of hydrogen-bond donors (Lipinski definition) is 2. The molecule has 0 aromatic heterocycles. The second-order valence-electron chi connectivity index (χ2n) is 5.56. The molecule has 1 saturated heterocycles. The molecule has 6 heteroatoms. The maximum Gasteiger partial charge on any atom is 0.225 e.